The summed E-state index contributed by atoms with van der Waals surface area (Å²) in [4.78, 5) is 4.68. The lowest BCUT2D eigenvalue weighted by Crippen LogP contribution is -2.09. The summed E-state index contributed by atoms with van der Waals surface area (Å²) in [6.45, 7) is 0. The molecule has 9 aromatic rings. The van der Waals surface area contributed by atoms with Gasteiger partial charge in [-0.25, -0.2) is 0 Å². The largest absolute Gasteiger partial charge is 0.310 e. The van der Waals surface area contributed by atoms with Crippen molar-refractivity contribution in [3.05, 3.63) is 169 Å². The second-order valence-electron chi connectivity index (χ2n) is 11.5. The van der Waals surface area contributed by atoms with Gasteiger partial charge in [0.15, 0.2) is 0 Å². The van der Waals surface area contributed by atoms with Crippen molar-refractivity contribution in [3.63, 3.8) is 0 Å². The number of nitrogens with zero attached hydrogens (tertiary/aromatic N) is 2. The molecule has 0 aliphatic heterocycles. The molecule has 0 amide bonds. The van der Waals surface area contributed by atoms with E-state index in [0.29, 0.717) is 0 Å². The van der Waals surface area contributed by atoms with E-state index in [2.05, 4.69) is 174 Å². The maximum atomic E-state index is 7.08. The van der Waals surface area contributed by atoms with Gasteiger partial charge >= 0.3 is 0 Å². The van der Waals surface area contributed by atoms with E-state index in [1.807, 2.05) is 11.3 Å². The Morgan fingerprint density at radius 2 is 0.979 bits per heavy atom. The molecule has 2 heterocycles. The lowest BCUT2D eigenvalue weighted by molar-refractivity contribution is 1.30. The summed E-state index contributed by atoms with van der Waals surface area (Å²) in [5, 5.41) is 5.58. The van der Waals surface area contributed by atoms with Crippen LogP contribution < -0.4 is 9.80 Å². The van der Waals surface area contributed by atoms with Gasteiger partial charge in [0.25, 0.3) is 0 Å². The molecule has 0 atom stereocenters. The average molecular weight is 659 g/mol. The minimum absolute atomic E-state index is 0.768. The molecule has 0 unspecified atom stereocenters. The Bertz CT molecular complexity index is 2500. The van der Waals surface area contributed by atoms with Gasteiger partial charge in [0, 0.05) is 64.1 Å². The van der Waals surface area contributed by atoms with E-state index in [0.717, 1.165) is 38.8 Å². The Morgan fingerprint density at radius 1 is 0.383 bits per heavy atom. The lowest BCUT2D eigenvalue weighted by atomic mass is 10.1. The zero-order chi connectivity index (χ0) is 31.3. The molecule has 0 N–H and O–H groups in total. The summed E-state index contributed by atoms with van der Waals surface area (Å²) >= 11 is 10.7. The van der Waals surface area contributed by atoms with Crippen molar-refractivity contribution in [2.45, 2.75) is 0 Å². The van der Waals surface area contributed by atoms with Crippen LogP contribution in [0.25, 0.3) is 40.3 Å². The van der Waals surface area contributed by atoms with Crippen LogP contribution in [0.15, 0.2) is 164 Å². The van der Waals surface area contributed by atoms with E-state index in [9.17, 15) is 0 Å². The smallest absolute Gasteiger partial charge is 0.0640 e. The quantitative estimate of drug-likeness (QED) is 0.175. The second kappa shape index (κ2) is 11.6. The van der Waals surface area contributed by atoms with Gasteiger partial charge in [0.2, 0.25) is 0 Å². The third-order valence-corrected chi connectivity index (χ3v) is 11.3. The van der Waals surface area contributed by atoms with Crippen LogP contribution in [0.1, 0.15) is 0 Å². The van der Waals surface area contributed by atoms with Crippen LogP contribution in [-0.2, 0) is 0 Å². The van der Waals surface area contributed by atoms with Gasteiger partial charge in [0.1, 0.15) is 0 Å². The molecular weight excluding hydrogens is 632 g/mol. The number of hydrogen-bond donors (Lipinski definition) is 0. The molecule has 224 valence electrons. The first kappa shape index (κ1) is 28.1. The number of anilines is 6. The third-order valence-electron chi connectivity index (χ3n) is 8.68. The number of benzene rings is 7. The van der Waals surface area contributed by atoms with Crippen LogP contribution in [0.3, 0.4) is 0 Å². The van der Waals surface area contributed by atoms with Crippen LogP contribution >= 0.6 is 34.3 Å². The van der Waals surface area contributed by atoms with Crippen LogP contribution in [0, 0.1) is 0 Å². The number of para-hydroxylation sites is 3. The monoisotopic (exact) mass is 658 g/mol. The molecule has 0 bridgehead atoms. The number of fused-ring (bicyclic) bond motifs is 6. The molecule has 0 aliphatic carbocycles. The topological polar surface area (TPSA) is 6.48 Å². The van der Waals surface area contributed by atoms with Gasteiger partial charge in [-0.05, 0) is 78.9 Å². The number of thiophene rings is 2. The molecular formula is C42H27ClN2S2. The van der Waals surface area contributed by atoms with Gasteiger partial charge in [-0.15, -0.1) is 22.7 Å². The fourth-order valence-electron chi connectivity index (χ4n) is 6.61. The predicted molar refractivity (Wildman–Crippen MR) is 207 cm³/mol. The standard InChI is InChI=1S/C42H27ClN2S2/c43-36-26-32(27-40-41(36)34-19-10-11-22-38(34)46-40)44(28-13-4-1-5-14-28)31-23-24-39-35(25-31)33-20-12-21-37(42(33)47-39)45(29-15-6-2-7-16-29)30-17-8-3-9-18-30/h1-27H. The molecule has 0 aliphatic rings. The summed E-state index contributed by atoms with van der Waals surface area (Å²) in [6, 6.07) is 58.2. The Hall–Kier alpha value is -5.13. The fourth-order valence-corrected chi connectivity index (χ4v) is 9.34. The summed E-state index contributed by atoms with van der Waals surface area (Å²) in [6.07, 6.45) is 0. The van der Waals surface area contributed by atoms with Crippen LogP contribution in [0.2, 0.25) is 5.02 Å². The van der Waals surface area contributed by atoms with Crippen molar-refractivity contribution < 1.29 is 0 Å². The van der Waals surface area contributed by atoms with Gasteiger partial charge in [-0.1, -0.05) is 96.5 Å². The predicted octanol–water partition coefficient (Wildman–Crippen LogP) is 14.0. The summed E-state index contributed by atoms with van der Waals surface area (Å²) < 4.78 is 4.94. The number of halogens is 1. The normalized spacial score (nSPS) is 11.5. The van der Waals surface area contributed by atoms with Crippen molar-refractivity contribution in [1.82, 2.24) is 0 Å². The molecule has 0 radical (unpaired) electrons. The lowest BCUT2D eigenvalue weighted by Gasteiger charge is -2.26. The first-order chi connectivity index (χ1) is 23.2. The Labute approximate surface area is 285 Å². The molecule has 0 fully saturated rings. The van der Waals surface area contributed by atoms with Crippen molar-refractivity contribution in [3.8, 4) is 0 Å². The number of hydrogen-bond acceptors (Lipinski definition) is 4. The molecule has 2 aromatic heterocycles. The zero-order valence-electron chi connectivity index (χ0n) is 25.2. The summed E-state index contributed by atoms with van der Waals surface area (Å²) in [5.74, 6) is 0. The highest BCUT2D eigenvalue weighted by Crippen LogP contribution is 2.48. The SMILES string of the molecule is Clc1cc(N(c2ccccc2)c2ccc3sc4c(N(c5ccccc5)c5ccccc5)cccc4c3c2)cc2sc3ccccc3c12. The van der Waals surface area contributed by atoms with Crippen molar-refractivity contribution in [2.24, 2.45) is 0 Å². The van der Waals surface area contributed by atoms with E-state index in [1.54, 1.807) is 11.3 Å². The van der Waals surface area contributed by atoms with E-state index >= 15 is 0 Å². The molecule has 0 saturated carbocycles. The van der Waals surface area contributed by atoms with Crippen LogP contribution in [0.5, 0.6) is 0 Å². The molecule has 47 heavy (non-hydrogen) atoms. The third kappa shape index (κ3) is 4.85. The molecule has 0 spiro atoms. The summed E-state index contributed by atoms with van der Waals surface area (Å²) in [5.41, 5.74) is 6.65. The second-order valence-corrected chi connectivity index (χ2v) is 14.1. The van der Waals surface area contributed by atoms with E-state index in [-0.39, 0.29) is 0 Å². The highest BCUT2D eigenvalue weighted by Gasteiger charge is 2.20. The molecule has 9 rings (SSSR count). The maximum absolute atomic E-state index is 7.08. The van der Waals surface area contributed by atoms with Gasteiger partial charge in [-0.3, -0.25) is 0 Å². The number of rotatable bonds is 6. The molecule has 0 saturated heterocycles. The first-order valence-electron chi connectivity index (χ1n) is 15.5. The zero-order valence-corrected chi connectivity index (χ0v) is 27.6. The van der Waals surface area contributed by atoms with Gasteiger partial charge in [-0.2, -0.15) is 0 Å². The Balaban J connectivity index is 1.24. The average Bonchev–Trinajstić information content (AvgIpc) is 3.69. The van der Waals surface area contributed by atoms with Gasteiger partial charge in [0.05, 0.1) is 15.4 Å². The Kier molecular flexibility index (Phi) is 6.93. The van der Waals surface area contributed by atoms with Crippen molar-refractivity contribution in [2.75, 3.05) is 9.80 Å². The highest BCUT2D eigenvalue weighted by atomic mass is 35.5. The summed E-state index contributed by atoms with van der Waals surface area (Å²) in [7, 11) is 0. The van der Waals surface area contributed by atoms with Crippen LogP contribution in [0.4, 0.5) is 34.1 Å². The molecule has 5 heteroatoms. The van der Waals surface area contributed by atoms with Crippen LogP contribution in [-0.4, -0.2) is 0 Å². The Morgan fingerprint density at radius 3 is 1.68 bits per heavy atom. The minimum atomic E-state index is 0.768. The fraction of sp³-hybridized carbons (Fsp3) is 0. The van der Waals surface area contributed by atoms with Gasteiger partial charge < -0.3 is 9.80 Å². The van der Waals surface area contributed by atoms with E-state index in [1.165, 1.54) is 40.6 Å². The van der Waals surface area contributed by atoms with Crippen molar-refractivity contribution >= 4 is 109 Å². The first-order valence-corrected chi connectivity index (χ1v) is 17.6. The van der Waals surface area contributed by atoms with E-state index in [4.69, 9.17) is 11.6 Å². The molecule has 2 nitrogen and oxygen atoms in total. The van der Waals surface area contributed by atoms with Crippen molar-refractivity contribution in [1.29, 1.82) is 0 Å². The minimum Gasteiger partial charge on any atom is -0.310 e. The molecule has 7 aromatic carbocycles. The van der Waals surface area contributed by atoms with E-state index < -0.39 is 0 Å². The maximum Gasteiger partial charge on any atom is 0.0640 e. The highest BCUT2D eigenvalue weighted by molar-refractivity contribution is 7.26.